The Morgan fingerprint density at radius 1 is 1.10 bits per heavy atom. The Balaban J connectivity index is 1.50. The van der Waals surface area contributed by atoms with E-state index >= 15 is 0 Å². The number of hydrogen-bond acceptors (Lipinski definition) is 3. The van der Waals surface area contributed by atoms with Crippen molar-refractivity contribution in [2.75, 3.05) is 19.8 Å². The Kier molecular flexibility index (Phi) is 5.58. The first-order valence-electron chi connectivity index (χ1n) is 9.28. The zero-order valence-corrected chi connectivity index (χ0v) is 13.7. The summed E-state index contributed by atoms with van der Waals surface area (Å²) in [5.74, 6) is 0.925. The van der Waals surface area contributed by atoms with E-state index in [1.807, 2.05) is 0 Å². The minimum Gasteiger partial charge on any atom is -0.376 e. The Labute approximate surface area is 130 Å². The summed E-state index contributed by atoms with van der Waals surface area (Å²) in [4.78, 5) is 0. The standard InChI is InChI=1S/C18H33NO2/c1-2-15-8-10-18(11-9-15,14-19-16-6-7-16)21-13-17-5-3-4-12-20-17/h15-17,19H,2-14H2,1H3. The van der Waals surface area contributed by atoms with E-state index in [1.54, 1.807) is 0 Å². The highest BCUT2D eigenvalue weighted by atomic mass is 16.5. The SMILES string of the molecule is CCC1CCC(CNC2CC2)(OCC2CCCCO2)CC1. The van der Waals surface area contributed by atoms with Crippen molar-refractivity contribution in [3.63, 3.8) is 0 Å². The normalized spacial score (nSPS) is 37.6. The molecule has 1 unspecified atom stereocenters. The predicted molar refractivity (Wildman–Crippen MR) is 85.5 cm³/mol. The van der Waals surface area contributed by atoms with Crippen LogP contribution in [0.5, 0.6) is 0 Å². The maximum Gasteiger partial charge on any atom is 0.0808 e. The highest BCUT2D eigenvalue weighted by Gasteiger charge is 2.37. The van der Waals surface area contributed by atoms with E-state index < -0.39 is 0 Å². The quantitative estimate of drug-likeness (QED) is 0.777. The van der Waals surface area contributed by atoms with Gasteiger partial charge in [-0.3, -0.25) is 0 Å². The molecule has 1 saturated heterocycles. The van der Waals surface area contributed by atoms with Crippen LogP contribution in [0.1, 0.15) is 71.1 Å². The fourth-order valence-corrected chi connectivity index (χ4v) is 3.81. The molecule has 2 aliphatic carbocycles. The predicted octanol–water partition coefficient (Wildman–Crippen LogP) is 3.66. The van der Waals surface area contributed by atoms with Crippen LogP contribution in [0.2, 0.25) is 0 Å². The highest BCUT2D eigenvalue weighted by molar-refractivity contribution is 4.92. The molecular weight excluding hydrogens is 262 g/mol. The largest absolute Gasteiger partial charge is 0.376 e. The third kappa shape index (κ3) is 4.67. The minimum absolute atomic E-state index is 0.0923. The lowest BCUT2D eigenvalue weighted by molar-refractivity contribution is -0.124. The monoisotopic (exact) mass is 295 g/mol. The summed E-state index contributed by atoms with van der Waals surface area (Å²) in [6.07, 6.45) is 13.3. The van der Waals surface area contributed by atoms with Gasteiger partial charge in [-0.05, 0) is 63.7 Å². The van der Waals surface area contributed by atoms with Crippen molar-refractivity contribution >= 4 is 0 Å². The fourth-order valence-electron chi connectivity index (χ4n) is 3.81. The van der Waals surface area contributed by atoms with Crippen LogP contribution in [-0.2, 0) is 9.47 Å². The molecule has 3 fully saturated rings. The van der Waals surface area contributed by atoms with Gasteiger partial charge in [0.2, 0.25) is 0 Å². The average Bonchev–Trinajstić information content (AvgIpc) is 3.37. The molecule has 3 nitrogen and oxygen atoms in total. The summed E-state index contributed by atoms with van der Waals surface area (Å²) >= 11 is 0. The van der Waals surface area contributed by atoms with Crippen LogP contribution in [0.4, 0.5) is 0 Å². The molecule has 21 heavy (non-hydrogen) atoms. The molecule has 3 heteroatoms. The van der Waals surface area contributed by atoms with Gasteiger partial charge in [0, 0.05) is 19.2 Å². The van der Waals surface area contributed by atoms with E-state index in [9.17, 15) is 0 Å². The molecule has 0 bridgehead atoms. The van der Waals surface area contributed by atoms with Crippen LogP contribution in [0.15, 0.2) is 0 Å². The lowest BCUT2D eigenvalue weighted by Crippen LogP contribution is -2.48. The summed E-state index contributed by atoms with van der Waals surface area (Å²) in [6.45, 7) is 5.13. The van der Waals surface area contributed by atoms with E-state index in [2.05, 4.69) is 12.2 Å². The average molecular weight is 295 g/mol. The number of ether oxygens (including phenoxy) is 2. The second-order valence-electron chi connectivity index (χ2n) is 7.49. The van der Waals surface area contributed by atoms with Gasteiger partial charge in [-0.1, -0.05) is 13.3 Å². The van der Waals surface area contributed by atoms with Gasteiger partial charge in [0.15, 0.2) is 0 Å². The van der Waals surface area contributed by atoms with Gasteiger partial charge < -0.3 is 14.8 Å². The van der Waals surface area contributed by atoms with Crippen molar-refractivity contribution in [2.24, 2.45) is 5.92 Å². The number of rotatable bonds is 7. The van der Waals surface area contributed by atoms with Crippen molar-refractivity contribution in [1.82, 2.24) is 5.32 Å². The molecule has 1 aliphatic heterocycles. The van der Waals surface area contributed by atoms with Crippen molar-refractivity contribution in [3.05, 3.63) is 0 Å². The smallest absolute Gasteiger partial charge is 0.0808 e. The van der Waals surface area contributed by atoms with Crippen LogP contribution in [0.3, 0.4) is 0 Å². The van der Waals surface area contributed by atoms with E-state index in [4.69, 9.17) is 9.47 Å². The van der Waals surface area contributed by atoms with Gasteiger partial charge in [0.1, 0.15) is 0 Å². The first-order valence-corrected chi connectivity index (χ1v) is 9.28. The van der Waals surface area contributed by atoms with Gasteiger partial charge in [0.25, 0.3) is 0 Å². The molecule has 0 radical (unpaired) electrons. The summed E-state index contributed by atoms with van der Waals surface area (Å²) < 4.78 is 12.3. The molecule has 3 aliphatic rings. The summed E-state index contributed by atoms with van der Waals surface area (Å²) in [6, 6.07) is 0.778. The Morgan fingerprint density at radius 3 is 2.52 bits per heavy atom. The lowest BCUT2D eigenvalue weighted by atomic mass is 9.77. The number of nitrogens with one attached hydrogen (secondary N) is 1. The van der Waals surface area contributed by atoms with Crippen molar-refractivity contribution < 1.29 is 9.47 Å². The van der Waals surface area contributed by atoms with Crippen LogP contribution in [0, 0.1) is 5.92 Å². The molecule has 3 rings (SSSR count). The summed E-state index contributed by atoms with van der Waals surface area (Å²) in [5.41, 5.74) is 0.0923. The maximum absolute atomic E-state index is 6.49. The van der Waals surface area contributed by atoms with Gasteiger partial charge >= 0.3 is 0 Å². The zero-order chi connectivity index (χ0) is 14.5. The molecule has 0 aromatic carbocycles. The number of hydrogen-bond donors (Lipinski definition) is 1. The minimum atomic E-state index is 0.0923. The topological polar surface area (TPSA) is 30.5 Å². The van der Waals surface area contributed by atoms with E-state index in [0.29, 0.717) is 6.10 Å². The molecule has 0 aromatic heterocycles. The second kappa shape index (κ2) is 7.43. The molecule has 2 saturated carbocycles. The van der Waals surface area contributed by atoms with Crippen molar-refractivity contribution in [1.29, 1.82) is 0 Å². The van der Waals surface area contributed by atoms with E-state index in [0.717, 1.165) is 31.7 Å². The zero-order valence-electron chi connectivity index (χ0n) is 13.7. The van der Waals surface area contributed by atoms with Crippen LogP contribution in [-0.4, -0.2) is 37.5 Å². The molecular formula is C18H33NO2. The maximum atomic E-state index is 6.49. The highest BCUT2D eigenvalue weighted by Crippen LogP contribution is 2.37. The fraction of sp³-hybridized carbons (Fsp3) is 1.00. The van der Waals surface area contributed by atoms with Crippen LogP contribution >= 0.6 is 0 Å². The molecule has 1 heterocycles. The van der Waals surface area contributed by atoms with Gasteiger partial charge in [-0.25, -0.2) is 0 Å². The van der Waals surface area contributed by atoms with Crippen molar-refractivity contribution in [3.8, 4) is 0 Å². The Hall–Kier alpha value is -0.120. The van der Waals surface area contributed by atoms with Crippen LogP contribution in [0.25, 0.3) is 0 Å². The Bertz CT molecular complexity index is 302. The molecule has 0 amide bonds. The third-order valence-electron chi connectivity index (χ3n) is 5.73. The van der Waals surface area contributed by atoms with Gasteiger partial charge in [-0.2, -0.15) is 0 Å². The van der Waals surface area contributed by atoms with E-state index in [-0.39, 0.29) is 5.60 Å². The van der Waals surface area contributed by atoms with Crippen molar-refractivity contribution in [2.45, 2.75) is 88.9 Å². The summed E-state index contributed by atoms with van der Waals surface area (Å²) in [5, 5.41) is 3.72. The first-order chi connectivity index (χ1) is 10.3. The Morgan fingerprint density at radius 2 is 1.90 bits per heavy atom. The third-order valence-corrected chi connectivity index (χ3v) is 5.73. The lowest BCUT2D eigenvalue weighted by Gasteiger charge is -2.41. The molecule has 122 valence electrons. The second-order valence-corrected chi connectivity index (χ2v) is 7.49. The molecule has 1 atom stereocenters. The first kappa shape index (κ1) is 15.8. The van der Waals surface area contributed by atoms with Crippen LogP contribution < -0.4 is 5.32 Å². The molecule has 0 aromatic rings. The van der Waals surface area contributed by atoms with E-state index in [1.165, 1.54) is 64.2 Å². The summed E-state index contributed by atoms with van der Waals surface area (Å²) in [7, 11) is 0. The molecule has 0 spiro atoms. The van der Waals surface area contributed by atoms with Gasteiger partial charge in [0.05, 0.1) is 18.3 Å². The van der Waals surface area contributed by atoms with Gasteiger partial charge in [-0.15, -0.1) is 0 Å². The molecule has 1 N–H and O–H groups in total.